The molecular weight excluding hydrogens is 140 g/mol. The summed E-state index contributed by atoms with van der Waals surface area (Å²) < 4.78 is 0. The van der Waals surface area contributed by atoms with E-state index in [9.17, 15) is 0 Å². The van der Waals surface area contributed by atoms with Gasteiger partial charge in [-0.1, -0.05) is 29.2 Å². The van der Waals surface area contributed by atoms with Gasteiger partial charge in [0.1, 0.15) is 0 Å². The van der Waals surface area contributed by atoms with Gasteiger partial charge in [-0.05, 0) is 6.42 Å². The Balaban J connectivity index is 0. The van der Waals surface area contributed by atoms with Crippen LogP contribution in [0.1, 0.15) is 26.2 Å². The lowest BCUT2D eigenvalue weighted by Gasteiger charge is -1.84. The molecule has 0 bridgehead atoms. The lowest BCUT2D eigenvalue weighted by Crippen LogP contribution is -1.70. The summed E-state index contributed by atoms with van der Waals surface area (Å²) in [6.45, 7) is 2.17. The van der Waals surface area contributed by atoms with E-state index in [-0.39, 0.29) is 0 Å². The number of hydrogen-bond acceptors (Lipinski definition) is 1. The SMILES string of the molecule is CCCCCCl.NP. The number of rotatable bonds is 3. The summed E-state index contributed by atoms with van der Waals surface area (Å²) in [5.74, 6) is 0.827. The third kappa shape index (κ3) is 15.9. The van der Waals surface area contributed by atoms with E-state index in [1.165, 1.54) is 19.3 Å². The molecule has 0 aromatic carbocycles. The topological polar surface area (TPSA) is 26.0 Å². The van der Waals surface area contributed by atoms with Crippen LogP contribution >= 0.6 is 21.0 Å². The zero-order valence-electron chi connectivity index (χ0n) is 5.36. The molecule has 0 heterocycles. The molecule has 52 valence electrons. The summed E-state index contributed by atoms with van der Waals surface area (Å²) in [6, 6.07) is 0. The van der Waals surface area contributed by atoms with E-state index < -0.39 is 0 Å². The average molecular weight is 156 g/mol. The molecule has 0 aliphatic carbocycles. The van der Waals surface area contributed by atoms with Crippen molar-refractivity contribution in [3.63, 3.8) is 0 Å². The van der Waals surface area contributed by atoms with Crippen LogP contribution in [-0.2, 0) is 0 Å². The summed E-state index contributed by atoms with van der Waals surface area (Å²) in [5, 5.41) is 0. The molecule has 0 aliphatic heterocycles. The predicted octanol–water partition coefficient (Wildman–Crippen LogP) is 2.15. The van der Waals surface area contributed by atoms with Crippen LogP contribution in [0, 0.1) is 0 Å². The number of halogens is 1. The molecule has 0 saturated carbocycles. The number of alkyl halides is 1. The first-order valence-corrected chi connectivity index (χ1v) is 4.01. The van der Waals surface area contributed by atoms with Crippen LogP contribution in [-0.4, -0.2) is 5.88 Å². The van der Waals surface area contributed by atoms with Gasteiger partial charge in [0.25, 0.3) is 0 Å². The van der Waals surface area contributed by atoms with Crippen LogP contribution in [0.25, 0.3) is 0 Å². The minimum Gasteiger partial charge on any atom is -0.314 e. The van der Waals surface area contributed by atoms with Gasteiger partial charge in [0.15, 0.2) is 0 Å². The minimum atomic E-state index is 0.827. The van der Waals surface area contributed by atoms with E-state index in [1.807, 2.05) is 9.39 Å². The molecule has 0 saturated heterocycles. The van der Waals surface area contributed by atoms with E-state index in [2.05, 4.69) is 12.4 Å². The number of unbranched alkanes of at least 4 members (excludes halogenated alkanes) is 2. The Labute approximate surface area is 59.2 Å². The van der Waals surface area contributed by atoms with Gasteiger partial charge in [-0.3, -0.25) is 0 Å². The Morgan fingerprint density at radius 3 is 2.00 bits per heavy atom. The number of nitrogens with two attached hydrogens (primary N) is 1. The van der Waals surface area contributed by atoms with Gasteiger partial charge in [0, 0.05) is 5.88 Å². The van der Waals surface area contributed by atoms with E-state index >= 15 is 0 Å². The second-order valence-electron chi connectivity index (χ2n) is 1.40. The smallest absolute Gasteiger partial charge is 0.0223 e. The second-order valence-corrected chi connectivity index (χ2v) is 1.77. The zero-order valence-corrected chi connectivity index (χ0v) is 7.27. The monoisotopic (exact) mass is 155 g/mol. The highest BCUT2D eigenvalue weighted by Crippen LogP contribution is 1.93. The lowest BCUT2D eigenvalue weighted by atomic mass is 10.3. The summed E-state index contributed by atoms with van der Waals surface area (Å²) in [5.41, 5.74) is 4.42. The first-order valence-electron chi connectivity index (χ1n) is 2.81. The molecule has 0 aromatic rings. The van der Waals surface area contributed by atoms with Crippen molar-refractivity contribution in [2.45, 2.75) is 26.2 Å². The standard InChI is InChI=1S/C5H11Cl.H4NP/c1-2-3-4-5-6;1-2/h2-5H2,1H3;1-2H2. The zero-order chi connectivity index (χ0) is 6.83. The Hall–Kier alpha value is 0.680. The third-order valence-corrected chi connectivity index (χ3v) is 1.00. The molecule has 8 heavy (non-hydrogen) atoms. The van der Waals surface area contributed by atoms with Crippen LogP contribution in [0.2, 0.25) is 0 Å². The van der Waals surface area contributed by atoms with Gasteiger partial charge >= 0.3 is 0 Å². The van der Waals surface area contributed by atoms with Crippen LogP contribution in [0.5, 0.6) is 0 Å². The Morgan fingerprint density at radius 1 is 1.38 bits per heavy atom. The largest absolute Gasteiger partial charge is 0.314 e. The third-order valence-electron chi connectivity index (χ3n) is 0.737. The van der Waals surface area contributed by atoms with Gasteiger partial charge in [-0.25, -0.2) is 0 Å². The maximum Gasteiger partial charge on any atom is 0.0223 e. The molecule has 0 rings (SSSR count). The van der Waals surface area contributed by atoms with E-state index in [0.717, 1.165) is 5.88 Å². The summed E-state index contributed by atoms with van der Waals surface area (Å²) in [4.78, 5) is 0. The lowest BCUT2D eigenvalue weighted by molar-refractivity contribution is 0.776. The highest BCUT2D eigenvalue weighted by Gasteiger charge is 1.76. The van der Waals surface area contributed by atoms with E-state index in [1.54, 1.807) is 0 Å². The number of hydrogen-bond donors (Lipinski definition) is 1. The minimum absolute atomic E-state index is 0.827. The van der Waals surface area contributed by atoms with Crippen molar-refractivity contribution >= 4 is 21.0 Å². The summed E-state index contributed by atoms with van der Waals surface area (Å²) in [6.07, 6.45) is 3.73. The van der Waals surface area contributed by atoms with Gasteiger partial charge in [-0.15, -0.1) is 11.6 Å². The fourth-order valence-corrected chi connectivity index (χ4v) is 0.533. The normalized spacial score (nSPS) is 7.50. The highest BCUT2D eigenvalue weighted by molar-refractivity contribution is 7.13. The van der Waals surface area contributed by atoms with Crippen molar-refractivity contribution < 1.29 is 0 Å². The van der Waals surface area contributed by atoms with Gasteiger partial charge in [0.2, 0.25) is 0 Å². The van der Waals surface area contributed by atoms with Crippen molar-refractivity contribution in [2.24, 2.45) is 5.50 Å². The fraction of sp³-hybridized carbons (Fsp3) is 1.00. The van der Waals surface area contributed by atoms with Crippen molar-refractivity contribution in [3.8, 4) is 0 Å². The molecule has 2 N–H and O–H groups in total. The molecule has 0 aliphatic rings. The van der Waals surface area contributed by atoms with Crippen LogP contribution < -0.4 is 5.50 Å². The van der Waals surface area contributed by atoms with Crippen molar-refractivity contribution in [3.05, 3.63) is 0 Å². The predicted molar refractivity (Wildman–Crippen MR) is 44.1 cm³/mol. The first-order chi connectivity index (χ1) is 3.91. The molecular formula is C5H15ClNP. The first kappa shape index (κ1) is 11.5. The van der Waals surface area contributed by atoms with Crippen LogP contribution in [0.15, 0.2) is 0 Å². The molecule has 3 heteroatoms. The summed E-state index contributed by atoms with van der Waals surface area (Å²) >= 11 is 5.38. The quantitative estimate of drug-likeness (QED) is 0.377. The molecule has 0 aromatic heterocycles. The van der Waals surface area contributed by atoms with Crippen molar-refractivity contribution in [1.82, 2.24) is 0 Å². The van der Waals surface area contributed by atoms with Crippen LogP contribution in [0.4, 0.5) is 0 Å². The van der Waals surface area contributed by atoms with Gasteiger partial charge < -0.3 is 5.50 Å². The van der Waals surface area contributed by atoms with Gasteiger partial charge in [-0.2, -0.15) is 0 Å². The van der Waals surface area contributed by atoms with Crippen LogP contribution in [0.3, 0.4) is 0 Å². The summed E-state index contributed by atoms with van der Waals surface area (Å²) in [7, 11) is 1.92. The molecule has 0 fully saturated rings. The maximum absolute atomic E-state index is 5.38. The molecule has 1 atom stereocenters. The Bertz CT molecular complexity index is 24.4. The average Bonchev–Trinajstić information content (AvgIpc) is 1.88. The second kappa shape index (κ2) is 15.6. The molecule has 0 radical (unpaired) electrons. The molecule has 1 nitrogen and oxygen atoms in total. The molecule has 1 unspecified atom stereocenters. The van der Waals surface area contributed by atoms with Crippen molar-refractivity contribution in [2.75, 3.05) is 5.88 Å². The molecule has 0 amide bonds. The van der Waals surface area contributed by atoms with E-state index in [0.29, 0.717) is 0 Å². The maximum atomic E-state index is 5.38. The Kier molecular flexibility index (Phi) is 22.4. The molecule has 0 spiro atoms. The fourth-order valence-electron chi connectivity index (χ4n) is 0.344. The van der Waals surface area contributed by atoms with E-state index in [4.69, 9.17) is 11.6 Å². The Morgan fingerprint density at radius 2 is 1.88 bits per heavy atom. The van der Waals surface area contributed by atoms with Gasteiger partial charge in [0.05, 0.1) is 0 Å². The van der Waals surface area contributed by atoms with Crippen molar-refractivity contribution in [1.29, 1.82) is 0 Å². The highest BCUT2D eigenvalue weighted by atomic mass is 35.5.